The number of nitrogens with one attached hydrogen (secondary N) is 2. The minimum atomic E-state index is -4.07. The number of hydrogen-bond acceptors (Lipinski definition) is 7. The molecule has 3 aromatic rings. The molecule has 1 atom stereocenters. The van der Waals surface area contributed by atoms with Gasteiger partial charge in [-0.3, -0.25) is 14.4 Å². The fraction of sp³-hybridized carbons (Fsp3) is 0.214. The molecule has 0 bridgehead atoms. The number of amides is 2. The molecular formula is C28H26Cl2N4O6S. The summed E-state index contributed by atoms with van der Waals surface area (Å²) in [5, 5.41) is 12.3. The molecule has 1 unspecified atom stereocenters. The number of carbonyl (C=O) groups is 3. The number of nitriles is 1. The van der Waals surface area contributed by atoms with Crippen LogP contribution in [0.5, 0.6) is 5.75 Å². The van der Waals surface area contributed by atoms with Crippen molar-refractivity contribution in [2.45, 2.75) is 31.7 Å². The third-order valence-electron chi connectivity index (χ3n) is 5.87. The van der Waals surface area contributed by atoms with Crippen molar-refractivity contribution in [3.05, 3.63) is 86.9 Å². The van der Waals surface area contributed by atoms with E-state index in [9.17, 15) is 28.1 Å². The van der Waals surface area contributed by atoms with Crippen molar-refractivity contribution in [1.29, 1.82) is 5.26 Å². The molecule has 0 aromatic heterocycles. The van der Waals surface area contributed by atoms with Gasteiger partial charge in [0.2, 0.25) is 15.9 Å². The summed E-state index contributed by atoms with van der Waals surface area (Å²) in [7, 11) is -4.07. The van der Waals surface area contributed by atoms with E-state index < -0.39 is 40.3 Å². The number of anilines is 1. The number of sulfonamides is 1. The lowest BCUT2D eigenvalue weighted by Crippen LogP contribution is -2.47. The topological polar surface area (TPSA) is 168 Å². The third-order valence-corrected chi connectivity index (χ3v) is 7.76. The maximum Gasteiger partial charge on any atom is 0.262 e. The molecular weight excluding hydrogens is 591 g/mol. The molecule has 0 aliphatic heterocycles. The lowest BCUT2D eigenvalue weighted by molar-refractivity contribution is -0.120. The normalized spacial score (nSPS) is 11.9. The van der Waals surface area contributed by atoms with Crippen LogP contribution in [0.3, 0.4) is 0 Å². The van der Waals surface area contributed by atoms with E-state index in [1.165, 1.54) is 54.6 Å². The predicted molar refractivity (Wildman–Crippen MR) is 154 cm³/mol. The first-order chi connectivity index (χ1) is 19.2. The van der Waals surface area contributed by atoms with E-state index in [1.54, 1.807) is 20.8 Å². The summed E-state index contributed by atoms with van der Waals surface area (Å²) in [5.74, 6) is -2.18. The molecule has 214 valence electrons. The van der Waals surface area contributed by atoms with Crippen LogP contribution in [0, 0.1) is 24.2 Å². The zero-order valence-electron chi connectivity index (χ0n) is 22.2. The summed E-state index contributed by atoms with van der Waals surface area (Å²) in [6.07, 6.45) is 0. The molecule has 0 radical (unpaired) electrons. The van der Waals surface area contributed by atoms with Crippen LogP contribution in [0.2, 0.25) is 10.0 Å². The largest absolute Gasteiger partial charge is 0.483 e. The van der Waals surface area contributed by atoms with Gasteiger partial charge in [0.25, 0.3) is 5.91 Å². The van der Waals surface area contributed by atoms with Crippen LogP contribution < -0.4 is 20.5 Å². The number of primary amides is 1. The summed E-state index contributed by atoms with van der Waals surface area (Å²) < 4.78 is 33.5. The van der Waals surface area contributed by atoms with Gasteiger partial charge in [-0.05, 0) is 73.0 Å². The molecule has 0 heterocycles. The fourth-order valence-electron chi connectivity index (χ4n) is 3.78. The number of halogens is 2. The van der Waals surface area contributed by atoms with Crippen LogP contribution >= 0.6 is 23.2 Å². The lowest BCUT2D eigenvalue weighted by Gasteiger charge is -2.19. The van der Waals surface area contributed by atoms with Crippen LogP contribution in [0.1, 0.15) is 40.9 Å². The second-order valence-corrected chi connectivity index (χ2v) is 12.0. The van der Waals surface area contributed by atoms with Gasteiger partial charge in [-0.1, -0.05) is 37.0 Å². The van der Waals surface area contributed by atoms with Crippen molar-refractivity contribution in [3.63, 3.8) is 0 Å². The average molecular weight is 618 g/mol. The van der Waals surface area contributed by atoms with Crippen molar-refractivity contribution in [2.24, 2.45) is 11.7 Å². The quantitative estimate of drug-likeness (QED) is 0.271. The average Bonchev–Trinajstić information content (AvgIpc) is 2.90. The van der Waals surface area contributed by atoms with Gasteiger partial charge in [0, 0.05) is 21.3 Å². The predicted octanol–water partition coefficient (Wildman–Crippen LogP) is 4.21. The summed E-state index contributed by atoms with van der Waals surface area (Å²) >= 11 is 12.1. The number of nitrogens with two attached hydrogens (primary N) is 1. The Labute approximate surface area is 247 Å². The Morgan fingerprint density at radius 1 is 1.02 bits per heavy atom. The summed E-state index contributed by atoms with van der Waals surface area (Å²) in [4.78, 5) is 37.4. The van der Waals surface area contributed by atoms with Crippen LogP contribution in [-0.4, -0.2) is 38.7 Å². The minimum absolute atomic E-state index is 0.0605. The summed E-state index contributed by atoms with van der Waals surface area (Å²) in [6, 6.07) is 13.4. The molecule has 0 aliphatic carbocycles. The number of ether oxygens (including phenoxy) is 1. The summed E-state index contributed by atoms with van der Waals surface area (Å²) in [6.45, 7) is 4.43. The van der Waals surface area contributed by atoms with Crippen LogP contribution in [-0.2, 0) is 19.6 Å². The molecule has 0 saturated carbocycles. The van der Waals surface area contributed by atoms with Gasteiger partial charge in [-0.25, -0.2) is 8.42 Å². The van der Waals surface area contributed by atoms with Gasteiger partial charge < -0.3 is 15.8 Å². The molecule has 4 N–H and O–H groups in total. The van der Waals surface area contributed by atoms with E-state index in [4.69, 9.17) is 33.7 Å². The van der Waals surface area contributed by atoms with E-state index in [-0.39, 0.29) is 43.3 Å². The number of rotatable bonds is 11. The second kappa shape index (κ2) is 13.1. The number of aryl methyl sites for hydroxylation is 1. The molecule has 13 heteroatoms. The number of ketones is 1. The van der Waals surface area contributed by atoms with E-state index in [0.717, 1.165) is 0 Å². The molecule has 0 aliphatic rings. The number of benzene rings is 3. The Bertz CT molecular complexity index is 1670. The lowest BCUT2D eigenvalue weighted by atomic mass is 10.0. The second-order valence-electron chi connectivity index (χ2n) is 9.37. The van der Waals surface area contributed by atoms with Gasteiger partial charge in [-0.15, -0.1) is 0 Å². The van der Waals surface area contributed by atoms with Crippen molar-refractivity contribution in [1.82, 2.24) is 4.72 Å². The highest BCUT2D eigenvalue weighted by Gasteiger charge is 2.27. The molecule has 3 aromatic carbocycles. The van der Waals surface area contributed by atoms with E-state index in [1.807, 2.05) is 6.07 Å². The van der Waals surface area contributed by atoms with Crippen molar-refractivity contribution >= 4 is 56.5 Å². The first-order valence-electron chi connectivity index (χ1n) is 12.1. The molecule has 2 amide bonds. The minimum Gasteiger partial charge on any atom is -0.483 e. The van der Waals surface area contributed by atoms with E-state index in [2.05, 4.69) is 10.0 Å². The highest BCUT2D eigenvalue weighted by atomic mass is 35.5. The van der Waals surface area contributed by atoms with Crippen LogP contribution in [0.4, 0.5) is 5.69 Å². The standard InChI is InChI=1S/C28H26Cl2N4O6S/c1-15(2)26(28(32)37)34-41(38,39)21-5-6-23(16(3)8-21)33-25(35)14-40-24-7-4-19(29)12-22(24)27(36)18-9-17(13-31)10-20(30)11-18/h4-12,15,26,34H,14H2,1-3H3,(H2,32,37)(H,33,35). The third kappa shape index (κ3) is 8.05. The smallest absolute Gasteiger partial charge is 0.262 e. The number of hydrogen-bond donors (Lipinski definition) is 3. The highest BCUT2D eigenvalue weighted by Crippen LogP contribution is 2.27. The molecule has 41 heavy (non-hydrogen) atoms. The van der Waals surface area contributed by atoms with E-state index >= 15 is 0 Å². The zero-order chi connectivity index (χ0) is 30.5. The van der Waals surface area contributed by atoms with E-state index in [0.29, 0.717) is 11.3 Å². The first-order valence-corrected chi connectivity index (χ1v) is 14.4. The number of carbonyl (C=O) groups excluding carboxylic acids is 3. The molecule has 0 fully saturated rings. The zero-order valence-corrected chi connectivity index (χ0v) is 24.5. The van der Waals surface area contributed by atoms with Crippen molar-refractivity contribution in [2.75, 3.05) is 11.9 Å². The van der Waals surface area contributed by atoms with Gasteiger partial charge >= 0.3 is 0 Å². The van der Waals surface area contributed by atoms with Crippen LogP contribution in [0.15, 0.2) is 59.5 Å². The molecule has 0 spiro atoms. The first kappa shape index (κ1) is 31.6. The van der Waals surface area contributed by atoms with Gasteiger partial charge in [0.05, 0.1) is 22.1 Å². The monoisotopic (exact) mass is 616 g/mol. The number of nitrogens with zero attached hydrogens (tertiary/aromatic N) is 1. The van der Waals surface area contributed by atoms with Gasteiger partial charge in [0.1, 0.15) is 11.8 Å². The Hall–Kier alpha value is -3.95. The van der Waals surface area contributed by atoms with Crippen molar-refractivity contribution in [3.8, 4) is 11.8 Å². The molecule has 3 rings (SSSR count). The SMILES string of the molecule is Cc1cc(S(=O)(=O)NC(C(N)=O)C(C)C)ccc1NC(=O)COc1ccc(Cl)cc1C(=O)c1cc(Cl)cc(C#N)c1. The Morgan fingerprint density at radius 2 is 1.73 bits per heavy atom. The Morgan fingerprint density at radius 3 is 2.34 bits per heavy atom. The van der Waals surface area contributed by atoms with Crippen LogP contribution in [0.25, 0.3) is 0 Å². The highest BCUT2D eigenvalue weighted by molar-refractivity contribution is 7.89. The fourth-order valence-corrected chi connectivity index (χ4v) is 5.62. The Kier molecular flexibility index (Phi) is 10.1. The molecule has 10 nitrogen and oxygen atoms in total. The summed E-state index contributed by atoms with van der Waals surface area (Å²) in [5.41, 5.74) is 6.46. The maximum atomic E-state index is 13.2. The maximum absolute atomic E-state index is 13.2. The van der Waals surface area contributed by atoms with Gasteiger partial charge in [0.15, 0.2) is 12.4 Å². The van der Waals surface area contributed by atoms with Gasteiger partial charge in [-0.2, -0.15) is 9.98 Å². The Balaban J connectivity index is 1.74. The van der Waals surface area contributed by atoms with Crippen molar-refractivity contribution < 1.29 is 27.5 Å². The molecule has 0 saturated heterocycles.